The van der Waals surface area contributed by atoms with Gasteiger partial charge in [-0.15, -0.1) is 11.3 Å². The highest BCUT2D eigenvalue weighted by molar-refractivity contribution is 7.18. The normalized spacial score (nSPS) is 24.8. The molecule has 0 spiro atoms. The summed E-state index contributed by atoms with van der Waals surface area (Å²) in [6.45, 7) is 0.870. The first-order valence-corrected chi connectivity index (χ1v) is 9.86. The van der Waals surface area contributed by atoms with Crippen LogP contribution in [0.25, 0.3) is 10.2 Å². The molecule has 1 fully saturated rings. The second-order valence-corrected chi connectivity index (χ2v) is 8.22. The molecule has 0 unspecified atom stereocenters. The van der Waals surface area contributed by atoms with Crippen LogP contribution in [0.5, 0.6) is 0 Å². The standard InChI is InChI=1S/C21H18FN3S/c22-15-6-5-8-17-14(15)12-21(13-23,19-10-3-4-11-25(17)19)20-24-16-7-1-2-9-18(16)26-20/h1-2,5-9,19H,3-4,10-12H2/t19-,21+/m0/s1. The van der Waals surface area contributed by atoms with Crippen LogP contribution in [0.15, 0.2) is 42.5 Å². The number of thiazole rings is 1. The number of para-hydroxylation sites is 1. The molecular weight excluding hydrogens is 345 g/mol. The summed E-state index contributed by atoms with van der Waals surface area (Å²) in [6, 6.07) is 15.9. The quantitative estimate of drug-likeness (QED) is 0.623. The number of piperidine rings is 1. The van der Waals surface area contributed by atoms with Crippen molar-refractivity contribution < 1.29 is 4.39 Å². The van der Waals surface area contributed by atoms with Gasteiger partial charge in [0, 0.05) is 24.2 Å². The van der Waals surface area contributed by atoms with Crippen LogP contribution in [0.4, 0.5) is 10.1 Å². The summed E-state index contributed by atoms with van der Waals surface area (Å²) in [5.41, 5.74) is 1.75. The molecule has 5 heteroatoms. The Morgan fingerprint density at radius 1 is 1.19 bits per heavy atom. The van der Waals surface area contributed by atoms with Crippen LogP contribution in [-0.2, 0) is 11.8 Å². The summed E-state index contributed by atoms with van der Waals surface area (Å²) in [6.07, 6.45) is 3.51. The van der Waals surface area contributed by atoms with Gasteiger partial charge in [-0.2, -0.15) is 5.26 Å². The zero-order chi connectivity index (χ0) is 17.7. The third-order valence-corrected chi connectivity index (χ3v) is 7.02. The Balaban J connectivity index is 1.74. The van der Waals surface area contributed by atoms with Gasteiger partial charge in [-0.05, 0) is 43.5 Å². The van der Waals surface area contributed by atoms with Crippen molar-refractivity contribution in [2.24, 2.45) is 0 Å². The minimum absolute atomic E-state index is 0.0520. The van der Waals surface area contributed by atoms with Gasteiger partial charge in [0.1, 0.15) is 16.2 Å². The first kappa shape index (κ1) is 15.8. The van der Waals surface area contributed by atoms with Gasteiger partial charge in [0.15, 0.2) is 0 Å². The average Bonchev–Trinajstić information content (AvgIpc) is 3.12. The second-order valence-electron chi connectivity index (χ2n) is 7.19. The van der Waals surface area contributed by atoms with Crippen molar-refractivity contribution >= 4 is 27.2 Å². The Morgan fingerprint density at radius 2 is 2.08 bits per heavy atom. The summed E-state index contributed by atoms with van der Waals surface area (Å²) in [5.74, 6) is -0.216. The first-order valence-electron chi connectivity index (χ1n) is 9.04. The maximum absolute atomic E-state index is 14.7. The average molecular weight is 363 g/mol. The van der Waals surface area contributed by atoms with E-state index < -0.39 is 5.41 Å². The van der Waals surface area contributed by atoms with E-state index in [1.807, 2.05) is 30.3 Å². The summed E-state index contributed by atoms with van der Waals surface area (Å²) in [4.78, 5) is 7.08. The van der Waals surface area contributed by atoms with Crippen molar-refractivity contribution in [3.05, 3.63) is 58.9 Å². The molecule has 2 aromatic carbocycles. The van der Waals surface area contributed by atoms with Gasteiger partial charge in [-0.3, -0.25) is 0 Å². The number of hydrogen-bond donors (Lipinski definition) is 0. The van der Waals surface area contributed by atoms with Crippen molar-refractivity contribution in [2.75, 3.05) is 11.4 Å². The summed E-state index contributed by atoms with van der Waals surface area (Å²) >= 11 is 1.58. The fourth-order valence-electron chi connectivity index (χ4n) is 4.56. The molecule has 0 radical (unpaired) electrons. The van der Waals surface area contributed by atoms with Crippen LogP contribution >= 0.6 is 11.3 Å². The minimum Gasteiger partial charge on any atom is -0.366 e. The number of aromatic nitrogens is 1. The van der Waals surface area contributed by atoms with E-state index in [9.17, 15) is 9.65 Å². The maximum Gasteiger partial charge on any atom is 0.133 e. The highest BCUT2D eigenvalue weighted by atomic mass is 32.1. The zero-order valence-corrected chi connectivity index (χ0v) is 15.1. The molecule has 2 atom stereocenters. The third-order valence-electron chi connectivity index (χ3n) is 5.81. The van der Waals surface area contributed by atoms with E-state index in [2.05, 4.69) is 11.0 Å². The number of anilines is 1. The lowest BCUT2D eigenvalue weighted by Crippen LogP contribution is -2.57. The Labute approximate surface area is 155 Å². The summed E-state index contributed by atoms with van der Waals surface area (Å²) in [5, 5.41) is 11.2. The Hall–Kier alpha value is -2.45. The van der Waals surface area contributed by atoms with E-state index in [4.69, 9.17) is 4.98 Å². The van der Waals surface area contributed by atoms with E-state index in [1.54, 1.807) is 17.4 Å². The highest BCUT2D eigenvalue weighted by Gasteiger charge is 2.51. The molecule has 5 rings (SSSR count). The van der Waals surface area contributed by atoms with E-state index >= 15 is 0 Å². The molecule has 0 N–H and O–H groups in total. The van der Waals surface area contributed by atoms with E-state index in [0.717, 1.165) is 46.7 Å². The molecule has 3 nitrogen and oxygen atoms in total. The molecule has 0 amide bonds. The van der Waals surface area contributed by atoms with Gasteiger partial charge in [-0.1, -0.05) is 18.2 Å². The van der Waals surface area contributed by atoms with Gasteiger partial charge in [0.2, 0.25) is 0 Å². The molecule has 2 aliphatic heterocycles. The van der Waals surface area contributed by atoms with Crippen LogP contribution in [0, 0.1) is 17.1 Å². The number of nitriles is 1. The smallest absolute Gasteiger partial charge is 0.133 e. The number of fused-ring (bicyclic) bond motifs is 4. The molecule has 3 heterocycles. The van der Waals surface area contributed by atoms with Crippen LogP contribution in [0.1, 0.15) is 29.8 Å². The predicted octanol–water partition coefficient (Wildman–Crippen LogP) is 4.81. The molecule has 3 aromatic rings. The predicted molar refractivity (Wildman–Crippen MR) is 102 cm³/mol. The van der Waals surface area contributed by atoms with Crippen LogP contribution in [-0.4, -0.2) is 17.6 Å². The first-order chi connectivity index (χ1) is 12.7. The molecule has 0 aliphatic carbocycles. The van der Waals surface area contributed by atoms with Crippen molar-refractivity contribution in [2.45, 2.75) is 37.1 Å². The Morgan fingerprint density at radius 3 is 2.92 bits per heavy atom. The van der Waals surface area contributed by atoms with Gasteiger partial charge < -0.3 is 4.90 Å². The molecule has 0 saturated carbocycles. The number of nitrogens with zero attached hydrogens (tertiary/aromatic N) is 3. The van der Waals surface area contributed by atoms with E-state index in [0.29, 0.717) is 12.0 Å². The number of hydrogen-bond acceptors (Lipinski definition) is 4. The fourth-order valence-corrected chi connectivity index (χ4v) is 5.72. The van der Waals surface area contributed by atoms with E-state index in [1.165, 1.54) is 6.07 Å². The van der Waals surface area contributed by atoms with Gasteiger partial charge in [0.25, 0.3) is 0 Å². The summed E-state index contributed by atoms with van der Waals surface area (Å²) in [7, 11) is 0. The largest absolute Gasteiger partial charge is 0.366 e. The van der Waals surface area contributed by atoms with Gasteiger partial charge >= 0.3 is 0 Å². The molecule has 0 bridgehead atoms. The maximum atomic E-state index is 14.7. The highest BCUT2D eigenvalue weighted by Crippen LogP contribution is 2.48. The number of rotatable bonds is 1. The van der Waals surface area contributed by atoms with Crippen LogP contribution in [0.3, 0.4) is 0 Å². The number of benzene rings is 2. The lowest BCUT2D eigenvalue weighted by atomic mass is 9.69. The molecular formula is C21H18FN3S. The number of halogens is 1. The molecule has 130 valence electrons. The monoisotopic (exact) mass is 363 g/mol. The Kier molecular flexibility index (Phi) is 3.51. The van der Waals surface area contributed by atoms with Gasteiger partial charge in [-0.25, -0.2) is 9.37 Å². The fraction of sp³-hybridized carbons (Fsp3) is 0.333. The third kappa shape index (κ3) is 2.12. The van der Waals surface area contributed by atoms with Crippen molar-refractivity contribution in [1.29, 1.82) is 5.26 Å². The van der Waals surface area contributed by atoms with Gasteiger partial charge in [0.05, 0.1) is 22.3 Å². The Bertz CT molecular complexity index is 1000. The lowest BCUT2D eigenvalue weighted by molar-refractivity contribution is 0.319. The zero-order valence-electron chi connectivity index (χ0n) is 14.3. The molecule has 26 heavy (non-hydrogen) atoms. The topological polar surface area (TPSA) is 39.9 Å². The minimum atomic E-state index is -0.792. The van der Waals surface area contributed by atoms with Crippen molar-refractivity contribution in [1.82, 2.24) is 4.98 Å². The van der Waals surface area contributed by atoms with Crippen molar-refractivity contribution in [3.8, 4) is 6.07 Å². The molecule has 1 aromatic heterocycles. The van der Waals surface area contributed by atoms with Crippen LogP contribution in [0.2, 0.25) is 0 Å². The van der Waals surface area contributed by atoms with Crippen molar-refractivity contribution in [3.63, 3.8) is 0 Å². The summed E-state index contributed by atoms with van der Waals surface area (Å²) < 4.78 is 15.8. The SMILES string of the molecule is N#C[C@]1(c2nc3ccccc3s2)Cc2c(F)cccc2N2CCCC[C@H]21. The molecule has 2 aliphatic rings. The second kappa shape index (κ2) is 5.78. The lowest BCUT2D eigenvalue weighted by Gasteiger charge is -2.49. The van der Waals surface area contributed by atoms with E-state index in [-0.39, 0.29) is 11.9 Å². The van der Waals surface area contributed by atoms with Crippen LogP contribution < -0.4 is 4.90 Å². The molecule has 1 saturated heterocycles.